The minimum atomic E-state index is -0.0448. The minimum Gasteiger partial charge on any atom is -0.373 e. The summed E-state index contributed by atoms with van der Waals surface area (Å²) >= 11 is 5.95. The average molecular weight is 283 g/mol. The first-order valence-corrected chi connectivity index (χ1v) is 7.49. The lowest BCUT2D eigenvalue weighted by atomic mass is 10.1. The van der Waals surface area contributed by atoms with E-state index in [0.717, 1.165) is 6.42 Å². The zero-order chi connectivity index (χ0) is 13.9. The van der Waals surface area contributed by atoms with Gasteiger partial charge < -0.3 is 4.74 Å². The van der Waals surface area contributed by atoms with Crippen molar-refractivity contribution in [3.63, 3.8) is 0 Å². The predicted molar refractivity (Wildman–Crippen MR) is 80.0 cm³/mol. The summed E-state index contributed by atoms with van der Waals surface area (Å²) in [6, 6.07) is 7.09. The van der Waals surface area contributed by atoms with Gasteiger partial charge in [-0.25, -0.2) is 0 Å². The molecular formula is C16H23ClO2. The Bertz CT molecular complexity index is 377. The van der Waals surface area contributed by atoms with Gasteiger partial charge in [0.05, 0.1) is 5.02 Å². The van der Waals surface area contributed by atoms with Crippen molar-refractivity contribution in [1.82, 2.24) is 0 Å². The Morgan fingerprint density at radius 1 is 1.11 bits per heavy atom. The summed E-state index contributed by atoms with van der Waals surface area (Å²) in [7, 11) is 0. The molecule has 0 fully saturated rings. The van der Waals surface area contributed by atoms with Crippen LogP contribution in [0.15, 0.2) is 24.3 Å². The van der Waals surface area contributed by atoms with E-state index in [9.17, 15) is 4.79 Å². The summed E-state index contributed by atoms with van der Waals surface area (Å²) < 4.78 is 5.40. The van der Waals surface area contributed by atoms with Gasteiger partial charge in [0.1, 0.15) is 6.61 Å². The maximum Gasteiger partial charge on any atom is 0.189 e. The van der Waals surface area contributed by atoms with E-state index in [1.807, 2.05) is 12.1 Å². The van der Waals surface area contributed by atoms with Crippen LogP contribution in [-0.4, -0.2) is 19.0 Å². The Labute approximate surface area is 121 Å². The zero-order valence-corrected chi connectivity index (χ0v) is 12.4. The zero-order valence-electron chi connectivity index (χ0n) is 11.7. The Morgan fingerprint density at radius 2 is 1.79 bits per heavy atom. The van der Waals surface area contributed by atoms with E-state index >= 15 is 0 Å². The number of benzene rings is 1. The fourth-order valence-electron chi connectivity index (χ4n) is 1.91. The second-order valence-corrected chi connectivity index (χ2v) is 5.13. The molecule has 3 heteroatoms. The topological polar surface area (TPSA) is 26.3 Å². The number of carbonyl (C=O) groups is 1. The molecule has 0 spiro atoms. The van der Waals surface area contributed by atoms with Crippen LogP contribution in [0.3, 0.4) is 0 Å². The molecule has 0 unspecified atom stereocenters. The number of unbranched alkanes of at least 4 members (excludes halogenated alkanes) is 5. The molecule has 0 saturated carbocycles. The van der Waals surface area contributed by atoms with Gasteiger partial charge in [-0.2, -0.15) is 0 Å². The number of hydrogen-bond acceptors (Lipinski definition) is 2. The van der Waals surface area contributed by atoms with E-state index in [1.165, 1.54) is 32.1 Å². The number of carbonyl (C=O) groups excluding carboxylic acids is 1. The number of rotatable bonds is 10. The van der Waals surface area contributed by atoms with Crippen LogP contribution < -0.4 is 0 Å². The van der Waals surface area contributed by atoms with Crippen LogP contribution in [0.25, 0.3) is 0 Å². The smallest absolute Gasteiger partial charge is 0.189 e. The first-order chi connectivity index (χ1) is 9.25. The summed E-state index contributed by atoms with van der Waals surface area (Å²) in [5, 5.41) is 0.496. The maximum absolute atomic E-state index is 11.8. The van der Waals surface area contributed by atoms with Gasteiger partial charge in [-0.3, -0.25) is 4.79 Å². The van der Waals surface area contributed by atoms with Crippen LogP contribution in [0.4, 0.5) is 0 Å². The van der Waals surface area contributed by atoms with Gasteiger partial charge >= 0.3 is 0 Å². The highest BCUT2D eigenvalue weighted by atomic mass is 35.5. The summed E-state index contributed by atoms with van der Waals surface area (Å²) in [4.78, 5) is 11.8. The predicted octanol–water partition coefficient (Wildman–Crippen LogP) is 4.90. The van der Waals surface area contributed by atoms with Crippen LogP contribution in [-0.2, 0) is 4.74 Å². The fraction of sp³-hybridized carbons (Fsp3) is 0.562. The third-order valence-corrected chi connectivity index (χ3v) is 3.38. The summed E-state index contributed by atoms with van der Waals surface area (Å²) in [6.07, 6.45) is 7.35. The molecule has 2 nitrogen and oxygen atoms in total. The Hall–Kier alpha value is -0.860. The second-order valence-electron chi connectivity index (χ2n) is 4.72. The molecule has 0 saturated heterocycles. The molecule has 0 aliphatic heterocycles. The van der Waals surface area contributed by atoms with Crippen molar-refractivity contribution in [3.8, 4) is 0 Å². The van der Waals surface area contributed by atoms with Crippen LogP contribution in [0.2, 0.25) is 5.02 Å². The SMILES string of the molecule is CCCCCCCCOCC(=O)c1ccccc1Cl. The van der Waals surface area contributed by atoms with Crippen molar-refractivity contribution in [2.45, 2.75) is 45.4 Å². The maximum atomic E-state index is 11.8. The van der Waals surface area contributed by atoms with E-state index in [-0.39, 0.29) is 12.4 Å². The number of ether oxygens (including phenoxy) is 1. The number of ketones is 1. The first kappa shape index (κ1) is 16.2. The molecule has 0 aliphatic carbocycles. The van der Waals surface area contributed by atoms with Gasteiger partial charge in [-0.05, 0) is 18.6 Å². The van der Waals surface area contributed by atoms with Crippen LogP contribution >= 0.6 is 11.6 Å². The highest BCUT2D eigenvalue weighted by Crippen LogP contribution is 2.15. The van der Waals surface area contributed by atoms with Gasteiger partial charge in [0.25, 0.3) is 0 Å². The quantitative estimate of drug-likeness (QED) is 0.451. The van der Waals surface area contributed by atoms with Gasteiger partial charge in [0, 0.05) is 12.2 Å². The molecule has 0 N–H and O–H groups in total. The van der Waals surface area contributed by atoms with Crippen molar-refractivity contribution < 1.29 is 9.53 Å². The van der Waals surface area contributed by atoms with Crippen molar-refractivity contribution >= 4 is 17.4 Å². The van der Waals surface area contributed by atoms with Gasteiger partial charge in [-0.15, -0.1) is 0 Å². The molecule has 1 rings (SSSR count). The Balaban J connectivity index is 2.10. The average Bonchev–Trinajstić information content (AvgIpc) is 2.42. The van der Waals surface area contributed by atoms with E-state index in [0.29, 0.717) is 17.2 Å². The molecule has 0 atom stereocenters. The van der Waals surface area contributed by atoms with Gasteiger partial charge in [0.2, 0.25) is 0 Å². The largest absolute Gasteiger partial charge is 0.373 e. The lowest BCUT2D eigenvalue weighted by Gasteiger charge is -2.05. The van der Waals surface area contributed by atoms with E-state index < -0.39 is 0 Å². The number of hydrogen-bond donors (Lipinski definition) is 0. The second kappa shape index (κ2) is 9.99. The van der Waals surface area contributed by atoms with Crippen molar-refractivity contribution in [1.29, 1.82) is 0 Å². The monoisotopic (exact) mass is 282 g/mol. The fourth-order valence-corrected chi connectivity index (χ4v) is 2.16. The summed E-state index contributed by atoms with van der Waals surface area (Å²) in [5.74, 6) is -0.0448. The minimum absolute atomic E-state index is 0.0448. The van der Waals surface area contributed by atoms with Gasteiger partial charge in [-0.1, -0.05) is 62.8 Å². The van der Waals surface area contributed by atoms with Crippen molar-refractivity contribution in [2.75, 3.05) is 13.2 Å². The van der Waals surface area contributed by atoms with E-state index in [4.69, 9.17) is 16.3 Å². The molecule has 0 bridgehead atoms. The molecule has 0 radical (unpaired) electrons. The standard InChI is InChI=1S/C16H23ClO2/c1-2-3-4-5-6-9-12-19-13-16(18)14-10-7-8-11-15(14)17/h7-8,10-11H,2-6,9,12-13H2,1H3. The third kappa shape index (κ3) is 6.74. The van der Waals surface area contributed by atoms with Crippen LogP contribution in [0.5, 0.6) is 0 Å². The first-order valence-electron chi connectivity index (χ1n) is 7.11. The molecular weight excluding hydrogens is 260 g/mol. The third-order valence-electron chi connectivity index (χ3n) is 3.05. The molecule has 106 valence electrons. The van der Waals surface area contributed by atoms with Crippen molar-refractivity contribution in [3.05, 3.63) is 34.9 Å². The molecule has 19 heavy (non-hydrogen) atoms. The Morgan fingerprint density at radius 3 is 2.53 bits per heavy atom. The van der Waals surface area contributed by atoms with E-state index in [1.54, 1.807) is 12.1 Å². The molecule has 0 amide bonds. The van der Waals surface area contributed by atoms with Crippen LogP contribution in [0.1, 0.15) is 55.8 Å². The van der Waals surface area contributed by atoms with Gasteiger partial charge in [0.15, 0.2) is 5.78 Å². The molecule has 0 aromatic heterocycles. The molecule has 1 aromatic rings. The molecule has 0 heterocycles. The number of halogens is 1. The molecule has 0 aliphatic rings. The lowest BCUT2D eigenvalue weighted by molar-refractivity contribution is 0.0752. The number of Topliss-reactive ketones (excluding diaryl/α,β-unsaturated/α-hetero) is 1. The summed E-state index contributed by atoms with van der Waals surface area (Å²) in [5.41, 5.74) is 0.548. The lowest BCUT2D eigenvalue weighted by Crippen LogP contribution is -2.10. The highest BCUT2D eigenvalue weighted by Gasteiger charge is 2.09. The van der Waals surface area contributed by atoms with Crippen LogP contribution in [0, 0.1) is 0 Å². The summed E-state index contributed by atoms with van der Waals surface area (Å²) in [6.45, 7) is 2.99. The Kier molecular flexibility index (Phi) is 8.52. The van der Waals surface area contributed by atoms with E-state index in [2.05, 4.69) is 6.92 Å². The van der Waals surface area contributed by atoms with Crippen molar-refractivity contribution in [2.24, 2.45) is 0 Å². The molecule has 1 aromatic carbocycles. The normalized spacial score (nSPS) is 10.6. The highest BCUT2D eigenvalue weighted by molar-refractivity contribution is 6.34.